The number of imidazole rings is 1. The lowest BCUT2D eigenvalue weighted by Crippen LogP contribution is -2.08. The Hall–Kier alpha value is -0.680. The average Bonchev–Trinajstić information content (AvgIpc) is 2.34. The van der Waals surface area contributed by atoms with Gasteiger partial charge in [-0.15, -0.1) is 12.4 Å². The Balaban J connectivity index is 0.00000121. The molecule has 0 aromatic carbocycles. The third-order valence-electron chi connectivity index (χ3n) is 1.17. The molecule has 0 amide bonds. The van der Waals surface area contributed by atoms with Gasteiger partial charge in [-0.25, -0.2) is 4.98 Å². The quantitative estimate of drug-likeness (QED) is 0.757. The number of carbonyl (C=O) groups is 1. The second kappa shape index (κ2) is 5.05. The molecule has 1 N–H and O–H groups in total. The molecule has 12 heavy (non-hydrogen) atoms. The van der Waals surface area contributed by atoms with Crippen molar-refractivity contribution in [1.82, 2.24) is 9.55 Å². The second-order valence-electron chi connectivity index (χ2n) is 1.94. The van der Waals surface area contributed by atoms with E-state index < -0.39 is 5.97 Å². The van der Waals surface area contributed by atoms with Crippen molar-refractivity contribution in [2.24, 2.45) is 0 Å². The monoisotopic (exact) mass is 208 g/mol. The fourth-order valence-electron chi connectivity index (χ4n) is 0.752. The molecule has 0 spiro atoms. The molecular weight excluding hydrogens is 200 g/mol. The molecule has 0 fully saturated rings. The molecule has 0 unspecified atom stereocenters. The van der Waals surface area contributed by atoms with Crippen LogP contribution in [0.4, 0.5) is 0 Å². The first-order chi connectivity index (χ1) is 5.24. The Labute approximate surface area is 80.4 Å². The van der Waals surface area contributed by atoms with Crippen LogP contribution in [0.25, 0.3) is 0 Å². The smallest absolute Gasteiger partial charge is 0.323 e. The van der Waals surface area contributed by atoms with Gasteiger partial charge in [-0.3, -0.25) is 4.79 Å². The van der Waals surface area contributed by atoms with Gasteiger partial charge in [0, 0.05) is 12.4 Å². The molecule has 0 saturated heterocycles. The molecule has 0 atom stereocenters. The van der Waals surface area contributed by atoms with Gasteiger partial charge in [-0.2, -0.15) is 0 Å². The van der Waals surface area contributed by atoms with Gasteiger partial charge >= 0.3 is 5.97 Å². The normalized spacial score (nSPS) is 9.08. The third kappa shape index (κ3) is 2.75. The van der Waals surface area contributed by atoms with Crippen molar-refractivity contribution in [2.45, 2.75) is 11.7 Å². The molecular formula is C6H9ClN2O2S. The average molecular weight is 209 g/mol. The Kier molecular flexibility index (Phi) is 4.77. The number of rotatable bonds is 3. The van der Waals surface area contributed by atoms with Crippen molar-refractivity contribution >= 4 is 30.1 Å². The molecule has 68 valence electrons. The van der Waals surface area contributed by atoms with Crippen LogP contribution in [0.1, 0.15) is 0 Å². The van der Waals surface area contributed by atoms with E-state index in [9.17, 15) is 4.79 Å². The van der Waals surface area contributed by atoms with Crippen molar-refractivity contribution < 1.29 is 9.90 Å². The minimum Gasteiger partial charge on any atom is -0.480 e. The van der Waals surface area contributed by atoms with Crippen LogP contribution in [0.2, 0.25) is 0 Å². The number of nitrogens with zero attached hydrogens (tertiary/aromatic N) is 2. The van der Waals surface area contributed by atoms with Gasteiger partial charge in [0.2, 0.25) is 0 Å². The van der Waals surface area contributed by atoms with E-state index in [1.54, 1.807) is 17.0 Å². The number of thioether (sulfide) groups is 1. The van der Waals surface area contributed by atoms with Crippen LogP contribution in [0.15, 0.2) is 17.6 Å². The largest absolute Gasteiger partial charge is 0.480 e. The molecule has 1 rings (SSSR count). The van der Waals surface area contributed by atoms with Gasteiger partial charge in [0.05, 0.1) is 0 Å². The third-order valence-corrected chi connectivity index (χ3v) is 1.87. The first-order valence-electron chi connectivity index (χ1n) is 3.01. The van der Waals surface area contributed by atoms with Crippen LogP contribution in [-0.2, 0) is 11.3 Å². The molecule has 0 aliphatic rings. The van der Waals surface area contributed by atoms with Crippen LogP contribution in [0, 0.1) is 0 Å². The van der Waals surface area contributed by atoms with Gasteiger partial charge in [-0.05, 0) is 6.26 Å². The van der Waals surface area contributed by atoms with E-state index in [1.165, 1.54) is 11.8 Å². The summed E-state index contributed by atoms with van der Waals surface area (Å²) in [5.41, 5.74) is 0. The first-order valence-corrected chi connectivity index (χ1v) is 4.23. The maximum atomic E-state index is 10.3. The number of hydrogen-bond donors (Lipinski definition) is 1. The topological polar surface area (TPSA) is 55.1 Å². The van der Waals surface area contributed by atoms with Crippen molar-refractivity contribution in [3.8, 4) is 0 Å². The van der Waals surface area contributed by atoms with Crippen LogP contribution < -0.4 is 0 Å². The maximum absolute atomic E-state index is 10.3. The van der Waals surface area contributed by atoms with E-state index in [1.807, 2.05) is 6.26 Å². The van der Waals surface area contributed by atoms with Crippen molar-refractivity contribution in [3.63, 3.8) is 0 Å². The summed E-state index contributed by atoms with van der Waals surface area (Å²) in [7, 11) is 0. The molecule has 0 radical (unpaired) electrons. The number of aromatic nitrogens is 2. The van der Waals surface area contributed by atoms with E-state index >= 15 is 0 Å². The summed E-state index contributed by atoms with van der Waals surface area (Å²) in [6.07, 6.45) is 5.11. The summed E-state index contributed by atoms with van der Waals surface area (Å²) in [6.45, 7) is -0.0177. The van der Waals surface area contributed by atoms with Gasteiger partial charge in [-0.1, -0.05) is 11.8 Å². The highest BCUT2D eigenvalue weighted by Crippen LogP contribution is 2.10. The predicted octanol–water partition coefficient (Wildman–Crippen LogP) is 1.11. The lowest BCUT2D eigenvalue weighted by molar-refractivity contribution is -0.137. The molecule has 0 bridgehead atoms. The Bertz CT molecular complexity index is 264. The van der Waals surface area contributed by atoms with E-state index in [2.05, 4.69) is 4.98 Å². The van der Waals surface area contributed by atoms with Crippen molar-refractivity contribution in [2.75, 3.05) is 6.26 Å². The van der Waals surface area contributed by atoms with E-state index in [0.29, 0.717) is 0 Å². The van der Waals surface area contributed by atoms with Crippen LogP contribution in [-0.4, -0.2) is 26.9 Å². The fourth-order valence-corrected chi connectivity index (χ4v) is 1.28. The lowest BCUT2D eigenvalue weighted by atomic mass is 10.6. The van der Waals surface area contributed by atoms with Crippen molar-refractivity contribution in [1.29, 1.82) is 0 Å². The first kappa shape index (κ1) is 11.3. The SMILES string of the molecule is CSc1nccn1CC(=O)O.Cl. The lowest BCUT2D eigenvalue weighted by Gasteiger charge is -1.99. The number of carboxylic acid groups (broad SMARTS) is 1. The standard InChI is InChI=1S/C6H8N2O2S.ClH/c1-11-6-7-2-3-8(6)4-5(9)10;/h2-3H,4H2,1H3,(H,9,10);1H. The Morgan fingerprint density at radius 3 is 3.00 bits per heavy atom. The predicted molar refractivity (Wildman–Crippen MR) is 48.9 cm³/mol. The zero-order valence-electron chi connectivity index (χ0n) is 6.43. The molecule has 0 saturated carbocycles. The molecule has 0 aliphatic carbocycles. The van der Waals surface area contributed by atoms with Crippen LogP contribution in [0.3, 0.4) is 0 Å². The Morgan fingerprint density at radius 2 is 2.50 bits per heavy atom. The zero-order chi connectivity index (χ0) is 8.27. The number of carboxylic acids is 1. The maximum Gasteiger partial charge on any atom is 0.323 e. The summed E-state index contributed by atoms with van der Waals surface area (Å²) in [4.78, 5) is 14.2. The Morgan fingerprint density at radius 1 is 1.83 bits per heavy atom. The number of hydrogen-bond acceptors (Lipinski definition) is 3. The van der Waals surface area contributed by atoms with Crippen LogP contribution in [0.5, 0.6) is 0 Å². The van der Waals surface area contributed by atoms with Gasteiger partial charge < -0.3 is 9.67 Å². The molecule has 4 nitrogen and oxygen atoms in total. The number of aliphatic carboxylic acids is 1. The van der Waals surface area contributed by atoms with E-state index in [-0.39, 0.29) is 19.0 Å². The summed E-state index contributed by atoms with van der Waals surface area (Å²) in [6, 6.07) is 0. The zero-order valence-corrected chi connectivity index (χ0v) is 8.06. The van der Waals surface area contributed by atoms with Gasteiger partial charge in [0.25, 0.3) is 0 Å². The number of halogens is 1. The van der Waals surface area contributed by atoms with Crippen molar-refractivity contribution in [3.05, 3.63) is 12.4 Å². The second-order valence-corrected chi connectivity index (χ2v) is 2.71. The minimum atomic E-state index is -0.849. The van der Waals surface area contributed by atoms with Crippen LogP contribution >= 0.6 is 24.2 Å². The van der Waals surface area contributed by atoms with Gasteiger partial charge in [0.15, 0.2) is 5.16 Å². The summed E-state index contributed by atoms with van der Waals surface area (Å²) in [5, 5.41) is 9.18. The minimum absolute atomic E-state index is 0. The summed E-state index contributed by atoms with van der Waals surface area (Å²) < 4.78 is 1.59. The molecule has 1 aromatic rings. The summed E-state index contributed by atoms with van der Waals surface area (Å²) in [5.74, 6) is -0.849. The van der Waals surface area contributed by atoms with E-state index in [4.69, 9.17) is 5.11 Å². The fraction of sp³-hybridized carbons (Fsp3) is 0.333. The molecule has 1 aromatic heterocycles. The highest BCUT2D eigenvalue weighted by atomic mass is 35.5. The summed E-state index contributed by atoms with van der Waals surface area (Å²) >= 11 is 1.43. The van der Waals surface area contributed by atoms with E-state index in [0.717, 1.165) is 5.16 Å². The molecule has 6 heteroatoms. The molecule has 0 aliphatic heterocycles. The molecule has 1 heterocycles. The highest BCUT2D eigenvalue weighted by molar-refractivity contribution is 7.98. The van der Waals surface area contributed by atoms with Gasteiger partial charge in [0.1, 0.15) is 6.54 Å². The highest BCUT2D eigenvalue weighted by Gasteiger charge is 2.03.